The van der Waals surface area contributed by atoms with Gasteiger partial charge in [-0.3, -0.25) is 4.79 Å². The molecule has 2 atom stereocenters. The molecule has 0 radical (unpaired) electrons. The van der Waals surface area contributed by atoms with Gasteiger partial charge in [-0.1, -0.05) is 6.58 Å². The molecule has 2 aliphatic rings. The summed E-state index contributed by atoms with van der Waals surface area (Å²) in [6, 6.07) is 0. The minimum Gasteiger partial charge on any atom is -0.367 e. The average Bonchev–Trinajstić information content (AvgIpc) is 2.69. The molecule has 5 nitrogen and oxygen atoms in total. The van der Waals surface area contributed by atoms with Gasteiger partial charge in [-0.2, -0.15) is 0 Å². The van der Waals surface area contributed by atoms with Crippen LogP contribution < -0.4 is 0 Å². The minimum absolute atomic E-state index is 0.0504. The monoisotopic (exact) mass is 255 g/mol. The molecule has 5 heteroatoms. The zero-order chi connectivity index (χ0) is 13.0. The molecule has 0 aromatic rings. The van der Waals surface area contributed by atoms with Crippen LogP contribution in [0.5, 0.6) is 0 Å². The van der Waals surface area contributed by atoms with Gasteiger partial charge in [0.15, 0.2) is 12.0 Å². The Balaban J connectivity index is 1.78. The zero-order valence-electron chi connectivity index (χ0n) is 10.6. The maximum absolute atomic E-state index is 11.7. The van der Waals surface area contributed by atoms with Crippen molar-refractivity contribution >= 4 is 5.91 Å². The Morgan fingerprint density at radius 2 is 2.44 bits per heavy atom. The van der Waals surface area contributed by atoms with E-state index in [-0.39, 0.29) is 12.2 Å². The van der Waals surface area contributed by atoms with Gasteiger partial charge in [0, 0.05) is 26.0 Å². The SMILES string of the molecule is C=CC1(O)CCC(=O)N1CCOC1CCCCO1. The van der Waals surface area contributed by atoms with Crippen LogP contribution in [0.2, 0.25) is 0 Å². The molecule has 18 heavy (non-hydrogen) atoms. The van der Waals surface area contributed by atoms with Crippen LogP contribution in [-0.4, -0.2) is 47.7 Å². The van der Waals surface area contributed by atoms with Crippen LogP contribution >= 0.6 is 0 Å². The van der Waals surface area contributed by atoms with Gasteiger partial charge >= 0.3 is 0 Å². The Hall–Kier alpha value is -0.910. The first kappa shape index (κ1) is 13.5. The Labute approximate surface area is 107 Å². The number of rotatable bonds is 5. The van der Waals surface area contributed by atoms with Crippen molar-refractivity contribution in [2.24, 2.45) is 0 Å². The highest BCUT2D eigenvalue weighted by molar-refractivity contribution is 5.79. The summed E-state index contributed by atoms with van der Waals surface area (Å²) in [5.74, 6) is -0.0504. The van der Waals surface area contributed by atoms with E-state index in [2.05, 4.69) is 6.58 Å². The average molecular weight is 255 g/mol. The van der Waals surface area contributed by atoms with Crippen molar-refractivity contribution < 1.29 is 19.4 Å². The molecule has 1 amide bonds. The number of likely N-dealkylation sites (tertiary alicyclic amines) is 1. The first-order valence-electron chi connectivity index (χ1n) is 6.55. The minimum atomic E-state index is -1.20. The molecule has 1 N–H and O–H groups in total. The van der Waals surface area contributed by atoms with Crippen LogP contribution in [0, 0.1) is 0 Å². The van der Waals surface area contributed by atoms with Crippen molar-refractivity contribution in [3.8, 4) is 0 Å². The largest absolute Gasteiger partial charge is 0.367 e. The van der Waals surface area contributed by atoms with Crippen LogP contribution in [0.4, 0.5) is 0 Å². The molecule has 2 rings (SSSR count). The summed E-state index contributed by atoms with van der Waals surface area (Å²) >= 11 is 0. The van der Waals surface area contributed by atoms with Crippen LogP contribution in [0.25, 0.3) is 0 Å². The number of carbonyl (C=O) groups is 1. The third-order valence-electron chi connectivity index (χ3n) is 3.56. The van der Waals surface area contributed by atoms with Crippen molar-refractivity contribution in [2.75, 3.05) is 19.8 Å². The third kappa shape index (κ3) is 2.91. The summed E-state index contributed by atoms with van der Waals surface area (Å²) in [6.07, 6.45) is 5.14. The lowest BCUT2D eigenvalue weighted by Gasteiger charge is -2.31. The highest BCUT2D eigenvalue weighted by Gasteiger charge is 2.41. The van der Waals surface area contributed by atoms with E-state index in [1.54, 1.807) is 0 Å². The Bertz CT molecular complexity index is 314. The molecule has 0 aliphatic carbocycles. The summed E-state index contributed by atoms with van der Waals surface area (Å²) in [7, 11) is 0. The molecule has 2 heterocycles. The summed E-state index contributed by atoms with van der Waals surface area (Å²) in [5, 5.41) is 10.2. The number of nitrogens with zero attached hydrogens (tertiary/aromatic N) is 1. The predicted molar refractivity (Wildman–Crippen MR) is 65.6 cm³/mol. The van der Waals surface area contributed by atoms with Gasteiger partial charge in [-0.05, 0) is 25.3 Å². The second-order valence-corrected chi connectivity index (χ2v) is 4.79. The third-order valence-corrected chi connectivity index (χ3v) is 3.56. The van der Waals surface area contributed by atoms with E-state index in [1.165, 1.54) is 11.0 Å². The van der Waals surface area contributed by atoms with Gasteiger partial charge in [0.05, 0.1) is 6.61 Å². The first-order chi connectivity index (χ1) is 8.65. The van der Waals surface area contributed by atoms with Gasteiger partial charge in [-0.25, -0.2) is 0 Å². The Morgan fingerprint density at radius 1 is 1.61 bits per heavy atom. The number of ether oxygens (including phenoxy) is 2. The van der Waals surface area contributed by atoms with E-state index in [9.17, 15) is 9.90 Å². The fourth-order valence-electron chi connectivity index (χ4n) is 2.43. The molecule has 2 aliphatic heterocycles. The van der Waals surface area contributed by atoms with Crippen molar-refractivity contribution in [3.63, 3.8) is 0 Å². The number of hydrogen-bond donors (Lipinski definition) is 1. The van der Waals surface area contributed by atoms with Gasteiger partial charge in [0.1, 0.15) is 0 Å². The predicted octanol–water partition coefficient (Wildman–Crippen LogP) is 1.03. The number of carbonyl (C=O) groups excluding carboxylic acids is 1. The summed E-state index contributed by atoms with van der Waals surface area (Å²) in [6.45, 7) is 5.09. The summed E-state index contributed by atoms with van der Waals surface area (Å²) < 4.78 is 11.0. The van der Waals surface area contributed by atoms with Crippen LogP contribution in [0.1, 0.15) is 32.1 Å². The standard InChI is InChI=1S/C13H21NO4/c1-2-13(16)7-6-11(15)14(13)8-10-18-12-5-3-4-9-17-12/h2,12,16H,1,3-10H2. The van der Waals surface area contributed by atoms with E-state index >= 15 is 0 Å². The molecule has 2 saturated heterocycles. The van der Waals surface area contributed by atoms with Gasteiger partial charge in [-0.15, -0.1) is 0 Å². The molecule has 2 unspecified atom stereocenters. The van der Waals surface area contributed by atoms with Crippen molar-refractivity contribution in [2.45, 2.75) is 44.1 Å². The van der Waals surface area contributed by atoms with Crippen LogP contribution in [-0.2, 0) is 14.3 Å². The van der Waals surface area contributed by atoms with Crippen molar-refractivity contribution in [3.05, 3.63) is 12.7 Å². The molecular weight excluding hydrogens is 234 g/mol. The zero-order valence-corrected chi connectivity index (χ0v) is 10.6. The quantitative estimate of drug-likeness (QED) is 0.745. The van der Waals surface area contributed by atoms with Gasteiger partial charge in [0.25, 0.3) is 0 Å². The van der Waals surface area contributed by atoms with E-state index in [0.717, 1.165) is 25.9 Å². The van der Waals surface area contributed by atoms with Crippen molar-refractivity contribution in [1.29, 1.82) is 0 Å². The second-order valence-electron chi connectivity index (χ2n) is 4.79. The van der Waals surface area contributed by atoms with Crippen LogP contribution in [0.3, 0.4) is 0 Å². The Kier molecular flexibility index (Phi) is 4.37. The van der Waals surface area contributed by atoms with E-state index in [4.69, 9.17) is 9.47 Å². The molecule has 0 bridgehead atoms. The maximum Gasteiger partial charge on any atom is 0.225 e. The molecule has 102 valence electrons. The van der Waals surface area contributed by atoms with Crippen molar-refractivity contribution in [1.82, 2.24) is 4.90 Å². The summed E-state index contributed by atoms with van der Waals surface area (Å²) in [5.41, 5.74) is -1.20. The number of amides is 1. The number of aliphatic hydroxyl groups is 1. The lowest BCUT2D eigenvalue weighted by Crippen LogP contribution is -2.46. The fraction of sp³-hybridized carbons (Fsp3) is 0.769. The normalized spacial score (nSPS) is 32.8. The van der Waals surface area contributed by atoms with E-state index in [0.29, 0.717) is 26.0 Å². The smallest absolute Gasteiger partial charge is 0.225 e. The number of hydrogen-bond acceptors (Lipinski definition) is 4. The maximum atomic E-state index is 11.7. The van der Waals surface area contributed by atoms with E-state index < -0.39 is 5.72 Å². The summed E-state index contributed by atoms with van der Waals surface area (Å²) in [4.78, 5) is 13.1. The highest BCUT2D eigenvalue weighted by atomic mass is 16.7. The lowest BCUT2D eigenvalue weighted by atomic mass is 10.1. The first-order valence-corrected chi connectivity index (χ1v) is 6.55. The molecule has 0 aromatic carbocycles. The van der Waals surface area contributed by atoms with Crippen LogP contribution in [0.15, 0.2) is 12.7 Å². The lowest BCUT2D eigenvalue weighted by molar-refractivity contribution is -0.172. The molecule has 2 fully saturated rings. The fourth-order valence-corrected chi connectivity index (χ4v) is 2.43. The molecular formula is C13H21NO4. The molecule has 0 aromatic heterocycles. The Morgan fingerprint density at radius 3 is 3.11 bits per heavy atom. The topological polar surface area (TPSA) is 59.0 Å². The van der Waals surface area contributed by atoms with Gasteiger partial charge < -0.3 is 19.5 Å². The highest BCUT2D eigenvalue weighted by Crippen LogP contribution is 2.28. The molecule has 0 saturated carbocycles. The molecule has 0 spiro atoms. The van der Waals surface area contributed by atoms with Gasteiger partial charge in [0.2, 0.25) is 5.91 Å². The second kappa shape index (κ2) is 5.82. The van der Waals surface area contributed by atoms with E-state index in [1.807, 2.05) is 0 Å².